The Morgan fingerprint density at radius 1 is 1.10 bits per heavy atom. The van der Waals surface area contributed by atoms with Crippen LogP contribution in [0.3, 0.4) is 0 Å². The van der Waals surface area contributed by atoms with Gasteiger partial charge >= 0.3 is 0 Å². The highest BCUT2D eigenvalue weighted by molar-refractivity contribution is 6.30. The average molecular weight is 296 g/mol. The van der Waals surface area contributed by atoms with Crippen molar-refractivity contribution in [2.45, 2.75) is 25.7 Å². The van der Waals surface area contributed by atoms with Gasteiger partial charge in [0.15, 0.2) is 0 Å². The van der Waals surface area contributed by atoms with Crippen LogP contribution in [0.5, 0.6) is 0 Å². The number of hydrogen-bond donors (Lipinski definition) is 0. The van der Waals surface area contributed by atoms with Crippen molar-refractivity contribution in [3.05, 3.63) is 53.1 Å². The summed E-state index contributed by atoms with van der Waals surface area (Å²) in [5.74, 6) is 1.36. The molecule has 0 N–H and O–H groups in total. The van der Waals surface area contributed by atoms with Crippen molar-refractivity contribution in [2.75, 3.05) is 0 Å². The molecule has 0 atom stereocenters. The van der Waals surface area contributed by atoms with Crippen molar-refractivity contribution in [2.24, 2.45) is 0 Å². The van der Waals surface area contributed by atoms with Crippen LogP contribution in [0.25, 0.3) is 22.2 Å². The Morgan fingerprint density at radius 3 is 2.76 bits per heavy atom. The molecule has 0 spiro atoms. The van der Waals surface area contributed by atoms with E-state index in [2.05, 4.69) is 22.1 Å². The molecule has 2 heterocycles. The third-order valence-electron chi connectivity index (χ3n) is 3.95. The predicted molar refractivity (Wildman–Crippen MR) is 84.5 cm³/mol. The van der Waals surface area contributed by atoms with E-state index in [1.807, 2.05) is 31.3 Å². The van der Waals surface area contributed by atoms with E-state index in [1.54, 1.807) is 0 Å². The highest BCUT2D eigenvalue weighted by Gasteiger charge is 2.28. The molecule has 1 aliphatic rings. The SMILES string of the molecule is Cc1c(Cl)nc(C2CC2)nc1-c1cccc2ncccc12. The first kappa shape index (κ1) is 12.7. The molecular formula is C17H14ClN3. The third kappa shape index (κ3) is 2.18. The number of pyridine rings is 1. The molecule has 21 heavy (non-hydrogen) atoms. The van der Waals surface area contributed by atoms with Gasteiger partial charge in [0.1, 0.15) is 11.0 Å². The van der Waals surface area contributed by atoms with Gasteiger partial charge in [-0.15, -0.1) is 0 Å². The zero-order chi connectivity index (χ0) is 14.4. The topological polar surface area (TPSA) is 38.7 Å². The molecule has 1 fully saturated rings. The van der Waals surface area contributed by atoms with Crippen LogP contribution in [0.4, 0.5) is 0 Å². The van der Waals surface area contributed by atoms with E-state index in [1.165, 1.54) is 0 Å². The lowest BCUT2D eigenvalue weighted by Crippen LogP contribution is -2.00. The first-order valence-electron chi connectivity index (χ1n) is 7.12. The number of fused-ring (bicyclic) bond motifs is 1. The van der Waals surface area contributed by atoms with Crippen LogP contribution in [-0.2, 0) is 0 Å². The molecule has 0 bridgehead atoms. The highest BCUT2D eigenvalue weighted by Crippen LogP contribution is 2.40. The fraction of sp³-hybridized carbons (Fsp3) is 0.235. The summed E-state index contributed by atoms with van der Waals surface area (Å²) in [6.45, 7) is 1.98. The average Bonchev–Trinajstić information content (AvgIpc) is 3.34. The highest BCUT2D eigenvalue weighted by atomic mass is 35.5. The molecule has 1 aliphatic carbocycles. The molecule has 0 unspecified atom stereocenters. The summed E-state index contributed by atoms with van der Waals surface area (Å²) in [5.41, 5.74) is 3.90. The number of nitrogens with zero attached hydrogens (tertiary/aromatic N) is 3. The lowest BCUT2D eigenvalue weighted by Gasteiger charge is -2.11. The number of aromatic nitrogens is 3. The van der Waals surface area contributed by atoms with Crippen LogP contribution in [0.15, 0.2) is 36.5 Å². The summed E-state index contributed by atoms with van der Waals surface area (Å²) >= 11 is 6.33. The standard InChI is InChI=1S/C17H14ClN3/c1-10-15(20-17(11-7-8-11)21-16(10)18)13-4-2-6-14-12(13)5-3-9-19-14/h2-6,9,11H,7-8H2,1H3. The second kappa shape index (κ2) is 4.78. The molecule has 0 saturated heterocycles. The lowest BCUT2D eigenvalue weighted by atomic mass is 10.0. The summed E-state index contributed by atoms with van der Waals surface area (Å²) in [6, 6.07) is 10.1. The van der Waals surface area contributed by atoms with E-state index in [4.69, 9.17) is 16.6 Å². The van der Waals surface area contributed by atoms with Gasteiger partial charge in [0, 0.05) is 28.6 Å². The van der Waals surface area contributed by atoms with Crippen LogP contribution < -0.4 is 0 Å². The number of rotatable bonds is 2. The fourth-order valence-electron chi connectivity index (χ4n) is 2.60. The van der Waals surface area contributed by atoms with Crippen molar-refractivity contribution in [1.82, 2.24) is 15.0 Å². The molecule has 1 saturated carbocycles. The molecule has 1 aromatic carbocycles. The number of halogens is 1. The Balaban J connectivity index is 2.00. The van der Waals surface area contributed by atoms with Crippen molar-refractivity contribution >= 4 is 22.5 Å². The summed E-state index contributed by atoms with van der Waals surface area (Å²) in [4.78, 5) is 13.6. The van der Waals surface area contributed by atoms with Crippen LogP contribution in [0, 0.1) is 6.92 Å². The van der Waals surface area contributed by atoms with E-state index in [9.17, 15) is 0 Å². The van der Waals surface area contributed by atoms with Crippen LogP contribution >= 0.6 is 11.6 Å². The minimum absolute atomic E-state index is 0.481. The van der Waals surface area contributed by atoms with Crippen molar-refractivity contribution in [1.29, 1.82) is 0 Å². The van der Waals surface area contributed by atoms with Gasteiger partial charge in [-0.05, 0) is 31.9 Å². The first-order chi connectivity index (χ1) is 10.2. The minimum atomic E-state index is 0.481. The van der Waals surface area contributed by atoms with Crippen molar-refractivity contribution in [3.63, 3.8) is 0 Å². The number of benzene rings is 1. The lowest BCUT2D eigenvalue weighted by molar-refractivity contribution is 0.922. The molecule has 3 aromatic rings. The zero-order valence-corrected chi connectivity index (χ0v) is 12.4. The molecule has 3 nitrogen and oxygen atoms in total. The Labute approximate surface area is 128 Å². The van der Waals surface area contributed by atoms with Crippen molar-refractivity contribution < 1.29 is 0 Å². The molecule has 4 rings (SSSR count). The zero-order valence-electron chi connectivity index (χ0n) is 11.7. The molecule has 4 heteroatoms. The smallest absolute Gasteiger partial charge is 0.136 e. The summed E-state index contributed by atoms with van der Waals surface area (Å²) in [5, 5.41) is 1.66. The van der Waals surface area contributed by atoms with Gasteiger partial charge in [-0.1, -0.05) is 29.8 Å². The summed E-state index contributed by atoms with van der Waals surface area (Å²) in [7, 11) is 0. The van der Waals surface area contributed by atoms with Gasteiger partial charge in [-0.25, -0.2) is 9.97 Å². The Bertz CT molecular complexity index is 835. The van der Waals surface area contributed by atoms with E-state index in [-0.39, 0.29) is 0 Å². The molecule has 2 aromatic heterocycles. The monoisotopic (exact) mass is 295 g/mol. The Hall–Kier alpha value is -2.00. The van der Waals surface area contributed by atoms with Gasteiger partial charge in [0.05, 0.1) is 11.2 Å². The van der Waals surface area contributed by atoms with E-state index in [0.29, 0.717) is 11.1 Å². The number of hydrogen-bond acceptors (Lipinski definition) is 3. The van der Waals surface area contributed by atoms with E-state index in [0.717, 1.165) is 46.4 Å². The summed E-state index contributed by atoms with van der Waals surface area (Å²) in [6.07, 6.45) is 4.13. The van der Waals surface area contributed by atoms with Gasteiger partial charge in [-0.3, -0.25) is 4.98 Å². The van der Waals surface area contributed by atoms with Gasteiger partial charge in [0.25, 0.3) is 0 Å². The minimum Gasteiger partial charge on any atom is -0.256 e. The van der Waals surface area contributed by atoms with E-state index >= 15 is 0 Å². The van der Waals surface area contributed by atoms with Crippen LogP contribution in [-0.4, -0.2) is 15.0 Å². The third-order valence-corrected chi connectivity index (χ3v) is 4.32. The van der Waals surface area contributed by atoms with Crippen molar-refractivity contribution in [3.8, 4) is 11.3 Å². The van der Waals surface area contributed by atoms with Gasteiger partial charge in [-0.2, -0.15) is 0 Å². The Morgan fingerprint density at radius 2 is 1.95 bits per heavy atom. The maximum atomic E-state index is 6.33. The largest absolute Gasteiger partial charge is 0.256 e. The van der Waals surface area contributed by atoms with E-state index < -0.39 is 0 Å². The second-order valence-corrected chi connectivity index (χ2v) is 5.85. The Kier molecular flexibility index (Phi) is 2.89. The second-order valence-electron chi connectivity index (χ2n) is 5.50. The fourth-order valence-corrected chi connectivity index (χ4v) is 2.78. The molecular weight excluding hydrogens is 282 g/mol. The maximum Gasteiger partial charge on any atom is 0.136 e. The van der Waals surface area contributed by atoms with Crippen LogP contribution in [0.1, 0.15) is 30.1 Å². The van der Waals surface area contributed by atoms with Gasteiger partial charge in [0.2, 0.25) is 0 Å². The molecule has 0 radical (unpaired) electrons. The summed E-state index contributed by atoms with van der Waals surface area (Å²) < 4.78 is 0. The normalized spacial score (nSPS) is 14.6. The molecule has 0 aliphatic heterocycles. The first-order valence-corrected chi connectivity index (χ1v) is 7.50. The maximum absolute atomic E-state index is 6.33. The predicted octanol–water partition coefficient (Wildman–Crippen LogP) is 4.53. The van der Waals surface area contributed by atoms with Gasteiger partial charge < -0.3 is 0 Å². The molecule has 104 valence electrons. The van der Waals surface area contributed by atoms with Crippen LogP contribution in [0.2, 0.25) is 5.15 Å². The molecule has 0 amide bonds. The quantitative estimate of drug-likeness (QED) is 0.652.